The number of ether oxygens (including phenoxy) is 2. The molecular formula is C17H26O3. The van der Waals surface area contributed by atoms with Crippen LogP contribution in [-0.2, 0) is 15.9 Å². The number of hydrogen-bond donors (Lipinski definition) is 1. The van der Waals surface area contributed by atoms with Gasteiger partial charge in [-0.1, -0.05) is 30.3 Å². The largest absolute Gasteiger partial charge is 0.390 e. The van der Waals surface area contributed by atoms with E-state index in [2.05, 4.69) is 0 Å². The molecule has 0 spiro atoms. The summed E-state index contributed by atoms with van der Waals surface area (Å²) in [4.78, 5) is 0. The summed E-state index contributed by atoms with van der Waals surface area (Å²) < 4.78 is 10.9. The molecule has 0 aliphatic rings. The fraction of sp³-hybridized carbons (Fsp3) is 0.529. The van der Waals surface area contributed by atoms with Crippen LogP contribution in [0, 0.1) is 0 Å². The first-order valence-electron chi connectivity index (χ1n) is 7.17. The quantitative estimate of drug-likeness (QED) is 0.741. The fourth-order valence-corrected chi connectivity index (χ4v) is 1.92. The maximum atomic E-state index is 9.79. The van der Waals surface area contributed by atoms with Crippen molar-refractivity contribution in [2.75, 3.05) is 13.2 Å². The average molecular weight is 278 g/mol. The third-order valence-corrected chi connectivity index (χ3v) is 2.72. The highest BCUT2D eigenvalue weighted by Crippen LogP contribution is 2.14. The molecular weight excluding hydrogens is 252 g/mol. The Morgan fingerprint density at radius 2 is 1.65 bits per heavy atom. The van der Waals surface area contributed by atoms with Crippen LogP contribution >= 0.6 is 0 Å². The number of rotatable bonds is 8. The third-order valence-electron chi connectivity index (χ3n) is 2.72. The van der Waals surface area contributed by atoms with Gasteiger partial charge in [0.25, 0.3) is 0 Å². The van der Waals surface area contributed by atoms with Crippen LogP contribution in [0.3, 0.4) is 0 Å². The summed E-state index contributed by atoms with van der Waals surface area (Å²) in [6.07, 6.45) is 4.26. The van der Waals surface area contributed by atoms with Gasteiger partial charge in [-0.25, -0.2) is 0 Å². The molecule has 1 rings (SSSR count). The molecule has 0 fully saturated rings. The van der Waals surface area contributed by atoms with Gasteiger partial charge in [0.2, 0.25) is 0 Å². The predicted molar refractivity (Wildman–Crippen MR) is 82.5 cm³/mol. The van der Waals surface area contributed by atoms with Crippen LogP contribution < -0.4 is 0 Å². The van der Waals surface area contributed by atoms with Gasteiger partial charge in [-0.3, -0.25) is 0 Å². The van der Waals surface area contributed by atoms with Crippen molar-refractivity contribution in [2.45, 2.75) is 46.0 Å². The summed E-state index contributed by atoms with van der Waals surface area (Å²) >= 11 is 0. The molecule has 1 N–H and O–H groups in total. The van der Waals surface area contributed by atoms with E-state index in [0.717, 1.165) is 11.1 Å². The minimum atomic E-state index is -0.674. The van der Waals surface area contributed by atoms with Crippen molar-refractivity contribution < 1.29 is 14.6 Å². The summed E-state index contributed by atoms with van der Waals surface area (Å²) in [5, 5.41) is 9.79. The number of benzene rings is 1. The van der Waals surface area contributed by atoms with E-state index in [1.165, 1.54) is 0 Å². The lowest BCUT2D eigenvalue weighted by atomic mass is 9.98. The van der Waals surface area contributed by atoms with Gasteiger partial charge in [0.05, 0.1) is 5.60 Å². The Labute approximate surface area is 122 Å². The van der Waals surface area contributed by atoms with E-state index in [9.17, 15) is 5.11 Å². The summed E-state index contributed by atoms with van der Waals surface area (Å²) in [6, 6.07) is 8.14. The second kappa shape index (κ2) is 8.20. The molecule has 0 atom stereocenters. The Balaban J connectivity index is 2.64. The molecule has 20 heavy (non-hydrogen) atoms. The predicted octanol–water partition coefficient (Wildman–Crippen LogP) is 3.41. The molecule has 0 saturated heterocycles. The Kier molecular flexibility index (Phi) is 6.93. The third kappa shape index (κ3) is 6.85. The van der Waals surface area contributed by atoms with Crippen LogP contribution in [0.1, 0.15) is 38.8 Å². The molecule has 1 aromatic carbocycles. The highest BCUT2D eigenvalue weighted by atomic mass is 16.7. The molecule has 0 saturated carbocycles. The van der Waals surface area contributed by atoms with E-state index in [-0.39, 0.29) is 6.29 Å². The average Bonchev–Trinajstić information content (AvgIpc) is 2.36. The van der Waals surface area contributed by atoms with Gasteiger partial charge >= 0.3 is 0 Å². The van der Waals surface area contributed by atoms with Gasteiger partial charge in [-0.05, 0) is 44.9 Å². The fourth-order valence-electron chi connectivity index (χ4n) is 1.92. The van der Waals surface area contributed by atoms with Crippen molar-refractivity contribution in [1.82, 2.24) is 0 Å². The van der Waals surface area contributed by atoms with Crippen LogP contribution in [-0.4, -0.2) is 30.2 Å². The molecule has 0 bridgehead atoms. The molecule has 0 radical (unpaired) electrons. The zero-order valence-electron chi connectivity index (χ0n) is 12.9. The van der Waals surface area contributed by atoms with Crippen LogP contribution in [0.15, 0.2) is 30.3 Å². The highest BCUT2D eigenvalue weighted by Gasteiger charge is 2.12. The molecule has 0 aromatic heterocycles. The van der Waals surface area contributed by atoms with Crippen molar-refractivity contribution in [3.8, 4) is 0 Å². The van der Waals surface area contributed by atoms with Crippen molar-refractivity contribution >= 4 is 6.08 Å². The minimum Gasteiger partial charge on any atom is -0.390 e. The monoisotopic (exact) mass is 278 g/mol. The first kappa shape index (κ1) is 16.9. The van der Waals surface area contributed by atoms with E-state index in [4.69, 9.17) is 9.47 Å². The van der Waals surface area contributed by atoms with Gasteiger partial charge in [-0.2, -0.15) is 0 Å². The van der Waals surface area contributed by atoms with Crippen LogP contribution in [0.5, 0.6) is 0 Å². The van der Waals surface area contributed by atoms with Gasteiger partial charge in [0.15, 0.2) is 6.29 Å². The first-order valence-corrected chi connectivity index (χ1v) is 7.17. The van der Waals surface area contributed by atoms with Crippen molar-refractivity contribution in [2.24, 2.45) is 0 Å². The number of aliphatic hydroxyl groups is 1. The highest BCUT2D eigenvalue weighted by molar-refractivity contribution is 5.50. The number of hydrogen-bond acceptors (Lipinski definition) is 3. The summed E-state index contributed by atoms with van der Waals surface area (Å²) in [5.74, 6) is 0. The van der Waals surface area contributed by atoms with E-state index in [1.807, 2.05) is 64.1 Å². The molecule has 3 nitrogen and oxygen atoms in total. The lowest BCUT2D eigenvalue weighted by molar-refractivity contribution is -0.103. The lowest BCUT2D eigenvalue weighted by Gasteiger charge is -2.16. The second-order valence-corrected chi connectivity index (χ2v) is 5.37. The van der Waals surface area contributed by atoms with Crippen LogP contribution in [0.4, 0.5) is 0 Å². The lowest BCUT2D eigenvalue weighted by Crippen LogP contribution is -2.21. The standard InChI is InChI=1S/C17H26O3/c1-5-19-16(20-6-2)12-11-14-7-9-15(10-8-14)13-17(3,4)18/h7-12,16,18H,5-6,13H2,1-4H3. The van der Waals surface area contributed by atoms with E-state index in [1.54, 1.807) is 0 Å². The Morgan fingerprint density at radius 3 is 2.10 bits per heavy atom. The topological polar surface area (TPSA) is 38.7 Å². The van der Waals surface area contributed by atoms with Gasteiger partial charge < -0.3 is 14.6 Å². The van der Waals surface area contributed by atoms with Gasteiger partial charge in [0, 0.05) is 19.6 Å². The molecule has 112 valence electrons. The normalized spacial score (nSPS) is 12.5. The summed E-state index contributed by atoms with van der Waals surface area (Å²) in [7, 11) is 0. The Hall–Kier alpha value is -1.16. The molecule has 0 heterocycles. The Morgan fingerprint density at radius 1 is 1.10 bits per heavy atom. The molecule has 1 aromatic rings. The van der Waals surface area contributed by atoms with E-state index in [0.29, 0.717) is 19.6 Å². The van der Waals surface area contributed by atoms with Crippen molar-refractivity contribution in [3.05, 3.63) is 41.5 Å². The van der Waals surface area contributed by atoms with Crippen molar-refractivity contribution in [3.63, 3.8) is 0 Å². The zero-order chi connectivity index (χ0) is 15.0. The van der Waals surface area contributed by atoms with E-state index < -0.39 is 5.60 Å². The van der Waals surface area contributed by atoms with Crippen molar-refractivity contribution in [1.29, 1.82) is 0 Å². The van der Waals surface area contributed by atoms with Gasteiger partial charge in [-0.15, -0.1) is 0 Å². The Bertz CT molecular complexity index is 395. The molecule has 0 amide bonds. The molecule has 3 heteroatoms. The first-order chi connectivity index (χ1) is 9.44. The minimum absolute atomic E-state index is 0.291. The molecule has 0 aliphatic carbocycles. The maximum absolute atomic E-state index is 9.79. The smallest absolute Gasteiger partial charge is 0.177 e. The molecule has 0 unspecified atom stereocenters. The van der Waals surface area contributed by atoms with E-state index >= 15 is 0 Å². The second-order valence-electron chi connectivity index (χ2n) is 5.37. The van der Waals surface area contributed by atoms with Gasteiger partial charge in [0.1, 0.15) is 0 Å². The maximum Gasteiger partial charge on any atom is 0.177 e. The van der Waals surface area contributed by atoms with Crippen LogP contribution in [0.2, 0.25) is 0 Å². The summed E-state index contributed by atoms with van der Waals surface area (Å²) in [5.41, 5.74) is 1.54. The molecule has 0 aliphatic heterocycles. The SMILES string of the molecule is CCOC(C=Cc1ccc(CC(C)(C)O)cc1)OCC. The summed E-state index contributed by atoms with van der Waals surface area (Å²) in [6.45, 7) is 8.78. The zero-order valence-corrected chi connectivity index (χ0v) is 12.9. The van der Waals surface area contributed by atoms with Crippen LogP contribution in [0.25, 0.3) is 6.08 Å².